The van der Waals surface area contributed by atoms with Gasteiger partial charge in [-0.05, 0) is 35.7 Å². The summed E-state index contributed by atoms with van der Waals surface area (Å²) in [5.41, 5.74) is -0.349. The lowest BCUT2D eigenvalue weighted by Crippen LogP contribution is -2.44. The molecule has 0 radical (unpaired) electrons. The fraction of sp³-hybridized carbons (Fsp3) is 0.143. The second kappa shape index (κ2) is 8.84. The van der Waals surface area contributed by atoms with Gasteiger partial charge in [0, 0.05) is 5.69 Å². The van der Waals surface area contributed by atoms with Crippen LogP contribution in [0.15, 0.2) is 74.2 Å². The van der Waals surface area contributed by atoms with Crippen molar-refractivity contribution in [2.45, 2.75) is 19.6 Å². The summed E-state index contributed by atoms with van der Waals surface area (Å²) in [6, 6.07) is 13.8. The normalized spacial score (nSPS) is 10.8. The van der Waals surface area contributed by atoms with Crippen LogP contribution in [0.1, 0.15) is 5.76 Å². The van der Waals surface area contributed by atoms with Crippen LogP contribution in [0.25, 0.3) is 10.2 Å². The minimum Gasteiger partial charge on any atom is -0.467 e. The first-order valence-corrected chi connectivity index (χ1v) is 10.3. The first-order chi connectivity index (χ1) is 15.0. The monoisotopic (exact) mass is 438 g/mol. The van der Waals surface area contributed by atoms with Gasteiger partial charge in [-0.3, -0.25) is 19.0 Å². The first kappa shape index (κ1) is 20.4. The highest BCUT2D eigenvalue weighted by molar-refractivity contribution is 7.17. The van der Waals surface area contributed by atoms with E-state index in [-0.39, 0.29) is 13.1 Å². The quantitative estimate of drug-likeness (QED) is 0.456. The predicted octanol–water partition coefficient (Wildman–Crippen LogP) is 1.77. The van der Waals surface area contributed by atoms with Crippen molar-refractivity contribution in [3.8, 4) is 0 Å². The number of benzene rings is 1. The van der Waals surface area contributed by atoms with Gasteiger partial charge in [0.05, 0.1) is 18.3 Å². The van der Waals surface area contributed by atoms with Crippen molar-refractivity contribution in [1.82, 2.24) is 14.5 Å². The summed E-state index contributed by atoms with van der Waals surface area (Å²) in [6.45, 7) is -0.628. The molecule has 9 nitrogen and oxygen atoms in total. The van der Waals surface area contributed by atoms with Crippen molar-refractivity contribution in [1.29, 1.82) is 0 Å². The van der Waals surface area contributed by atoms with Crippen LogP contribution >= 0.6 is 11.3 Å². The van der Waals surface area contributed by atoms with Gasteiger partial charge in [-0.2, -0.15) is 0 Å². The van der Waals surface area contributed by atoms with Gasteiger partial charge in [0.25, 0.3) is 5.56 Å². The number of rotatable bonds is 7. The Kier molecular flexibility index (Phi) is 5.80. The van der Waals surface area contributed by atoms with Crippen molar-refractivity contribution in [3.63, 3.8) is 0 Å². The third kappa shape index (κ3) is 4.48. The second-order valence-corrected chi connectivity index (χ2v) is 7.58. The molecule has 0 spiro atoms. The molecule has 0 unspecified atom stereocenters. The Morgan fingerprint density at radius 1 is 0.935 bits per heavy atom. The number of furan rings is 1. The number of aromatic nitrogens is 2. The highest BCUT2D eigenvalue weighted by atomic mass is 32.1. The fourth-order valence-corrected chi connectivity index (χ4v) is 3.93. The lowest BCUT2D eigenvalue weighted by molar-refractivity contribution is -0.122. The van der Waals surface area contributed by atoms with E-state index in [0.717, 1.165) is 15.9 Å². The fourth-order valence-electron chi connectivity index (χ4n) is 3.09. The van der Waals surface area contributed by atoms with E-state index in [4.69, 9.17) is 4.42 Å². The third-order valence-corrected chi connectivity index (χ3v) is 5.43. The molecule has 0 aliphatic rings. The van der Waals surface area contributed by atoms with Gasteiger partial charge < -0.3 is 15.1 Å². The smallest absolute Gasteiger partial charge is 0.332 e. The zero-order valence-electron chi connectivity index (χ0n) is 16.2. The van der Waals surface area contributed by atoms with Crippen LogP contribution in [0.3, 0.4) is 0 Å². The summed E-state index contributed by atoms with van der Waals surface area (Å²) in [6.07, 6.45) is 1.48. The number of para-hydroxylation sites is 1. The summed E-state index contributed by atoms with van der Waals surface area (Å²) in [5.74, 6) is -0.399. The Morgan fingerprint density at radius 3 is 2.45 bits per heavy atom. The Bertz CT molecular complexity index is 1340. The van der Waals surface area contributed by atoms with E-state index >= 15 is 0 Å². The Morgan fingerprint density at radius 2 is 1.71 bits per heavy atom. The Hall–Kier alpha value is -3.92. The van der Waals surface area contributed by atoms with E-state index in [9.17, 15) is 19.2 Å². The Balaban J connectivity index is 1.59. The number of nitrogens with one attached hydrogen (secondary N) is 2. The number of nitrogens with zero attached hydrogens (tertiary/aromatic N) is 2. The maximum Gasteiger partial charge on any atom is 0.332 e. The molecule has 0 saturated heterocycles. The topological polar surface area (TPSA) is 115 Å². The van der Waals surface area contributed by atoms with Crippen LogP contribution in [-0.4, -0.2) is 20.9 Å². The van der Waals surface area contributed by atoms with Crippen LogP contribution in [0, 0.1) is 0 Å². The maximum absolute atomic E-state index is 13.0. The number of hydrogen-bond donors (Lipinski definition) is 2. The van der Waals surface area contributed by atoms with E-state index < -0.39 is 29.6 Å². The summed E-state index contributed by atoms with van der Waals surface area (Å²) in [4.78, 5) is 50.6. The molecule has 158 valence electrons. The highest BCUT2D eigenvalue weighted by Gasteiger charge is 2.18. The van der Waals surface area contributed by atoms with Gasteiger partial charge in [0.1, 0.15) is 23.5 Å². The maximum atomic E-state index is 13.0. The molecule has 0 aliphatic carbocycles. The molecule has 0 saturated carbocycles. The minimum atomic E-state index is -0.729. The van der Waals surface area contributed by atoms with Crippen LogP contribution in [0.2, 0.25) is 0 Å². The number of amides is 2. The molecule has 4 rings (SSSR count). The van der Waals surface area contributed by atoms with Crippen molar-refractivity contribution in [2.24, 2.45) is 0 Å². The molecule has 3 aromatic heterocycles. The summed E-state index contributed by atoms with van der Waals surface area (Å²) >= 11 is 1.15. The predicted molar refractivity (Wildman–Crippen MR) is 116 cm³/mol. The molecule has 3 heterocycles. The molecular formula is C21H18N4O5S. The average Bonchev–Trinajstić information content (AvgIpc) is 3.46. The lowest BCUT2D eigenvalue weighted by Gasteiger charge is -2.12. The average molecular weight is 438 g/mol. The molecule has 0 fully saturated rings. The molecule has 4 aromatic rings. The number of anilines is 1. The van der Waals surface area contributed by atoms with E-state index in [1.165, 1.54) is 10.8 Å². The summed E-state index contributed by atoms with van der Waals surface area (Å²) in [7, 11) is 0. The molecule has 0 bridgehead atoms. The van der Waals surface area contributed by atoms with E-state index in [1.807, 2.05) is 6.07 Å². The molecule has 31 heavy (non-hydrogen) atoms. The van der Waals surface area contributed by atoms with Crippen LogP contribution in [0.4, 0.5) is 5.69 Å². The van der Waals surface area contributed by atoms with Crippen LogP contribution in [0.5, 0.6) is 0 Å². The van der Waals surface area contributed by atoms with Gasteiger partial charge in [-0.1, -0.05) is 18.2 Å². The zero-order valence-corrected chi connectivity index (χ0v) is 17.1. The summed E-state index contributed by atoms with van der Waals surface area (Å²) in [5, 5.41) is 6.98. The number of carbonyl (C=O) groups is 2. The van der Waals surface area contributed by atoms with Crippen molar-refractivity contribution in [2.75, 3.05) is 5.32 Å². The SMILES string of the molecule is O=C(Cn1c(=O)c2sccc2n(CC(=O)Nc2ccccc2)c1=O)NCc1ccco1. The van der Waals surface area contributed by atoms with Crippen molar-refractivity contribution in [3.05, 3.63) is 86.8 Å². The van der Waals surface area contributed by atoms with Crippen molar-refractivity contribution >= 4 is 39.1 Å². The number of carbonyl (C=O) groups excluding carboxylic acids is 2. The first-order valence-electron chi connectivity index (χ1n) is 9.38. The molecule has 1 aromatic carbocycles. The van der Waals surface area contributed by atoms with Gasteiger partial charge in [-0.25, -0.2) is 9.36 Å². The standard InChI is InChI=1S/C21H18N4O5S/c26-17(22-11-15-7-4-9-30-15)12-25-20(28)19-16(8-10-31-19)24(21(25)29)13-18(27)23-14-5-2-1-3-6-14/h1-10H,11-13H2,(H,22,26)(H,23,27). The van der Waals surface area contributed by atoms with E-state index in [2.05, 4.69) is 10.6 Å². The molecule has 10 heteroatoms. The number of hydrogen-bond acceptors (Lipinski definition) is 6. The number of fused-ring (bicyclic) bond motifs is 1. The van der Waals surface area contributed by atoms with Crippen LogP contribution in [-0.2, 0) is 29.2 Å². The molecule has 0 atom stereocenters. The zero-order chi connectivity index (χ0) is 21.8. The summed E-state index contributed by atoms with van der Waals surface area (Å²) < 4.78 is 7.48. The second-order valence-electron chi connectivity index (χ2n) is 6.67. The third-order valence-electron chi connectivity index (χ3n) is 4.54. The minimum absolute atomic E-state index is 0.134. The van der Waals surface area contributed by atoms with E-state index in [1.54, 1.807) is 47.8 Å². The Labute approximate surface area is 179 Å². The van der Waals surface area contributed by atoms with Gasteiger partial charge >= 0.3 is 5.69 Å². The van der Waals surface area contributed by atoms with E-state index in [0.29, 0.717) is 21.7 Å². The molecular weight excluding hydrogens is 420 g/mol. The van der Waals surface area contributed by atoms with Gasteiger partial charge in [0.2, 0.25) is 11.8 Å². The number of thiophene rings is 1. The van der Waals surface area contributed by atoms with Crippen molar-refractivity contribution < 1.29 is 14.0 Å². The van der Waals surface area contributed by atoms with Gasteiger partial charge in [0.15, 0.2) is 0 Å². The molecule has 0 aliphatic heterocycles. The molecule has 2 amide bonds. The molecule has 2 N–H and O–H groups in total. The lowest BCUT2D eigenvalue weighted by atomic mass is 10.3. The highest BCUT2D eigenvalue weighted by Crippen LogP contribution is 2.15. The van der Waals surface area contributed by atoms with Gasteiger partial charge in [-0.15, -0.1) is 11.3 Å². The largest absolute Gasteiger partial charge is 0.467 e. The van der Waals surface area contributed by atoms with Crippen LogP contribution < -0.4 is 21.9 Å².